The Morgan fingerprint density at radius 3 is 2.00 bits per heavy atom. The molecule has 0 aliphatic rings. The zero-order chi connectivity index (χ0) is 11.6. The van der Waals surface area contributed by atoms with Crippen molar-refractivity contribution in [2.75, 3.05) is 6.61 Å². The number of rotatable bonds is 5. The highest BCUT2D eigenvalue weighted by Crippen LogP contribution is 2.19. The van der Waals surface area contributed by atoms with Crippen molar-refractivity contribution in [3.05, 3.63) is 0 Å². The van der Waals surface area contributed by atoms with Crippen molar-refractivity contribution in [2.45, 2.75) is 17.1 Å². The van der Waals surface area contributed by atoms with Crippen LogP contribution in [0.2, 0.25) is 0 Å². The molecule has 0 heterocycles. The van der Waals surface area contributed by atoms with E-state index in [4.69, 9.17) is 25.0 Å². The maximum absolute atomic E-state index is 10.5. The quantitative estimate of drug-likeness (QED) is 0.240. The maximum atomic E-state index is 10.5. The average molecular weight is 230 g/mol. The van der Waals surface area contributed by atoms with Crippen LogP contribution in [0.25, 0.3) is 0 Å². The smallest absolute Gasteiger partial charge is 0.300 e. The largest absolute Gasteiger partial charge is 0.392 e. The lowest BCUT2D eigenvalue weighted by Gasteiger charge is -2.28. The molecule has 0 amide bonds. The minimum atomic E-state index is -5.23. The van der Waals surface area contributed by atoms with Gasteiger partial charge in [0.2, 0.25) is 4.93 Å². The Balaban J connectivity index is 5.16. The van der Waals surface area contributed by atoms with Crippen molar-refractivity contribution in [1.82, 2.24) is 0 Å². The van der Waals surface area contributed by atoms with Gasteiger partial charge in [0.15, 0.2) is 6.29 Å². The first-order valence-corrected chi connectivity index (χ1v) is 4.76. The molecule has 0 rings (SSSR count). The van der Waals surface area contributed by atoms with E-state index < -0.39 is 33.9 Å². The summed E-state index contributed by atoms with van der Waals surface area (Å²) in [6.45, 7) is -1.57. The van der Waals surface area contributed by atoms with E-state index in [1.54, 1.807) is 0 Å². The lowest BCUT2D eigenvalue weighted by molar-refractivity contribution is -0.133. The van der Waals surface area contributed by atoms with E-state index >= 15 is 0 Å². The lowest BCUT2D eigenvalue weighted by Crippen LogP contribution is -2.57. The predicted molar refractivity (Wildman–Crippen MR) is 41.7 cm³/mol. The Bertz CT molecular complexity index is 297. The number of aliphatic hydroxyl groups is 4. The molecular weight excluding hydrogens is 220 g/mol. The van der Waals surface area contributed by atoms with Crippen LogP contribution in [0, 0.1) is 0 Å². The summed E-state index contributed by atoms with van der Waals surface area (Å²) in [5.74, 6) is 0. The molecule has 3 unspecified atom stereocenters. The molecule has 5 N–H and O–H groups in total. The van der Waals surface area contributed by atoms with Gasteiger partial charge in [-0.2, -0.15) is 8.42 Å². The summed E-state index contributed by atoms with van der Waals surface area (Å²) in [4.78, 5) is 6.58. The first-order chi connectivity index (χ1) is 6.20. The third-order valence-corrected chi connectivity index (χ3v) is 2.86. The van der Waals surface area contributed by atoms with Gasteiger partial charge in [0, 0.05) is 0 Å². The molecule has 0 spiro atoms. The maximum Gasteiger partial charge on any atom is 0.300 e. The molecule has 0 radical (unpaired) electrons. The second-order valence-electron chi connectivity index (χ2n) is 2.55. The van der Waals surface area contributed by atoms with Crippen LogP contribution in [0.4, 0.5) is 0 Å². The number of hydrogen-bond acceptors (Lipinski definition) is 7. The number of hydrogen-bond donors (Lipinski definition) is 5. The molecule has 0 aliphatic carbocycles. The minimum absolute atomic E-state index is 0.253. The van der Waals surface area contributed by atoms with Gasteiger partial charge in [-0.15, -0.1) is 0 Å². The van der Waals surface area contributed by atoms with E-state index in [1.807, 2.05) is 0 Å². The standard InChI is InChI=1S/C5H10O8S/c6-1-3(8)4(9)5(10,2-7)14(11,12)13/h1,3-4,7-10H,2H2,(H,11,12,13). The third kappa shape index (κ3) is 2.26. The normalized spacial score (nSPS) is 20.9. The molecule has 0 aromatic carbocycles. The zero-order valence-corrected chi connectivity index (χ0v) is 7.62. The van der Waals surface area contributed by atoms with Crippen LogP contribution in [-0.4, -0.2) is 63.4 Å². The van der Waals surface area contributed by atoms with E-state index in [-0.39, 0.29) is 6.29 Å². The molecule has 0 saturated heterocycles. The Kier molecular flexibility index (Phi) is 4.12. The second kappa shape index (κ2) is 4.29. The Morgan fingerprint density at radius 2 is 1.79 bits per heavy atom. The van der Waals surface area contributed by atoms with Crippen LogP contribution in [-0.2, 0) is 14.9 Å². The van der Waals surface area contributed by atoms with Gasteiger partial charge in [0.1, 0.15) is 12.2 Å². The number of aliphatic hydroxyl groups excluding tert-OH is 3. The molecule has 84 valence electrons. The Hall–Kier alpha value is -0.580. The summed E-state index contributed by atoms with van der Waals surface area (Å²) in [6.07, 6.45) is -5.04. The van der Waals surface area contributed by atoms with Crippen molar-refractivity contribution in [1.29, 1.82) is 0 Å². The van der Waals surface area contributed by atoms with Gasteiger partial charge in [-0.1, -0.05) is 0 Å². The fourth-order valence-corrected chi connectivity index (χ4v) is 1.28. The molecule has 9 heteroatoms. The van der Waals surface area contributed by atoms with Crippen molar-refractivity contribution in [2.24, 2.45) is 0 Å². The molecular formula is C5H10O8S. The summed E-state index contributed by atoms with van der Waals surface area (Å²) in [5, 5.41) is 35.2. The van der Waals surface area contributed by atoms with Gasteiger partial charge in [-0.3, -0.25) is 4.55 Å². The topological polar surface area (TPSA) is 152 Å². The SMILES string of the molecule is O=CC(O)C(O)C(O)(CO)S(=O)(=O)O. The zero-order valence-electron chi connectivity index (χ0n) is 6.81. The van der Waals surface area contributed by atoms with Gasteiger partial charge in [0.05, 0.1) is 6.61 Å². The molecule has 0 aliphatic heterocycles. The van der Waals surface area contributed by atoms with E-state index in [9.17, 15) is 13.2 Å². The summed E-state index contributed by atoms with van der Waals surface area (Å²) in [6, 6.07) is 0. The number of aldehydes is 1. The van der Waals surface area contributed by atoms with E-state index in [0.717, 1.165) is 0 Å². The lowest BCUT2D eigenvalue weighted by atomic mass is 10.1. The molecule has 0 aromatic heterocycles. The second-order valence-corrected chi connectivity index (χ2v) is 4.21. The molecule has 0 aromatic rings. The molecule has 14 heavy (non-hydrogen) atoms. The van der Waals surface area contributed by atoms with Crippen LogP contribution >= 0.6 is 0 Å². The van der Waals surface area contributed by atoms with E-state index in [0.29, 0.717) is 0 Å². The van der Waals surface area contributed by atoms with E-state index in [1.165, 1.54) is 0 Å². The van der Waals surface area contributed by atoms with Crippen molar-refractivity contribution < 1.29 is 38.2 Å². The van der Waals surface area contributed by atoms with Crippen LogP contribution in [0.5, 0.6) is 0 Å². The van der Waals surface area contributed by atoms with Gasteiger partial charge in [0.25, 0.3) is 10.1 Å². The third-order valence-electron chi connectivity index (χ3n) is 1.60. The first kappa shape index (κ1) is 13.4. The van der Waals surface area contributed by atoms with Crippen molar-refractivity contribution >= 4 is 16.4 Å². The van der Waals surface area contributed by atoms with E-state index in [2.05, 4.69) is 0 Å². The fraction of sp³-hybridized carbons (Fsp3) is 0.800. The van der Waals surface area contributed by atoms with Gasteiger partial charge in [-0.25, -0.2) is 0 Å². The van der Waals surface area contributed by atoms with Crippen molar-refractivity contribution in [3.63, 3.8) is 0 Å². The van der Waals surface area contributed by atoms with Crippen LogP contribution in [0.1, 0.15) is 0 Å². The summed E-state index contributed by atoms with van der Waals surface area (Å²) >= 11 is 0. The van der Waals surface area contributed by atoms with Gasteiger partial charge in [-0.05, 0) is 0 Å². The number of carbonyl (C=O) groups excluding carboxylic acids is 1. The highest BCUT2D eigenvalue weighted by atomic mass is 32.2. The summed E-state index contributed by atoms with van der Waals surface area (Å²) in [5.41, 5.74) is 0. The Morgan fingerprint density at radius 1 is 1.36 bits per heavy atom. The number of carbonyl (C=O) groups is 1. The minimum Gasteiger partial charge on any atom is -0.392 e. The molecule has 8 nitrogen and oxygen atoms in total. The predicted octanol–water partition coefficient (Wildman–Crippen LogP) is -3.52. The average Bonchev–Trinajstić information content (AvgIpc) is 2.12. The molecule has 0 bridgehead atoms. The monoisotopic (exact) mass is 230 g/mol. The van der Waals surface area contributed by atoms with Crippen LogP contribution in [0.15, 0.2) is 0 Å². The van der Waals surface area contributed by atoms with Crippen molar-refractivity contribution in [3.8, 4) is 0 Å². The van der Waals surface area contributed by atoms with Crippen LogP contribution < -0.4 is 0 Å². The van der Waals surface area contributed by atoms with Gasteiger partial charge >= 0.3 is 0 Å². The fourth-order valence-electron chi connectivity index (χ4n) is 0.669. The highest BCUT2D eigenvalue weighted by molar-refractivity contribution is 7.87. The Labute approximate surface area is 79.2 Å². The summed E-state index contributed by atoms with van der Waals surface area (Å²) in [7, 11) is -5.23. The van der Waals surface area contributed by atoms with Gasteiger partial charge < -0.3 is 25.2 Å². The molecule has 3 atom stereocenters. The highest BCUT2D eigenvalue weighted by Gasteiger charge is 2.50. The summed E-state index contributed by atoms with van der Waals surface area (Å²) < 4.78 is 29.4. The van der Waals surface area contributed by atoms with Crippen LogP contribution in [0.3, 0.4) is 0 Å². The molecule has 0 saturated carbocycles. The first-order valence-electron chi connectivity index (χ1n) is 3.32. The molecule has 0 fully saturated rings.